The lowest BCUT2D eigenvalue weighted by atomic mass is 9.96. The smallest absolute Gasteiger partial charge is 0.223 e. The summed E-state index contributed by atoms with van der Waals surface area (Å²) in [5.41, 5.74) is -2.06. The summed E-state index contributed by atoms with van der Waals surface area (Å²) in [4.78, 5) is 0. The lowest BCUT2D eigenvalue weighted by Crippen LogP contribution is -2.28. The molecule has 1 atom stereocenters. The molecule has 1 aromatic heterocycles. The number of aryl methyl sites for hydroxylation is 1. The molecule has 0 saturated heterocycles. The Kier molecular flexibility index (Phi) is 3.24. The van der Waals surface area contributed by atoms with Gasteiger partial charge in [-0.3, -0.25) is 0 Å². The van der Waals surface area contributed by atoms with Gasteiger partial charge in [-0.25, -0.2) is 8.78 Å². The molecule has 0 aliphatic heterocycles. The van der Waals surface area contributed by atoms with Crippen LogP contribution in [0, 0.1) is 0 Å². The van der Waals surface area contributed by atoms with Gasteiger partial charge in [0, 0.05) is 17.1 Å². The number of rotatable bonds is 3. The monoisotopic (exact) mass is 301 g/mol. The Labute approximate surface area is 106 Å². The fourth-order valence-corrected chi connectivity index (χ4v) is 2.04. The van der Waals surface area contributed by atoms with E-state index in [-0.39, 0.29) is 11.4 Å². The number of aromatic nitrogens is 3. The van der Waals surface area contributed by atoms with E-state index >= 15 is 0 Å². The molecule has 3 nitrogen and oxygen atoms in total. The molecule has 17 heavy (non-hydrogen) atoms. The van der Waals surface area contributed by atoms with Crippen LogP contribution >= 0.6 is 15.9 Å². The van der Waals surface area contributed by atoms with Gasteiger partial charge in [-0.2, -0.15) is 0 Å². The molecule has 2 rings (SSSR count). The zero-order valence-corrected chi connectivity index (χ0v) is 10.7. The van der Waals surface area contributed by atoms with Crippen LogP contribution in [0.1, 0.15) is 11.4 Å². The van der Waals surface area contributed by atoms with Crippen LogP contribution in [0.5, 0.6) is 0 Å². The lowest BCUT2D eigenvalue weighted by molar-refractivity contribution is 0.151. The van der Waals surface area contributed by atoms with Crippen molar-refractivity contribution in [2.24, 2.45) is 7.05 Å². The standard InChI is InChI=1S/C11H10BrF2N3/c1-17-7-15-16-10(17)11(14,6-13)8-3-2-4-9(12)5-8/h2-5,7H,6H2,1H3. The minimum Gasteiger partial charge on any atom is -0.318 e. The summed E-state index contributed by atoms with van der Waals surface area (Å²) in [6.07, 6.45) is 1.34. The molecule has 1 unspecified atom stereocenters. The molecule has 6 heteroatoms. The van der Waals surface area contributed by atoms with Gasteiger partial charge in [0.2, 0.25) is 5.67 Å². The van der Waals surface area contributed by atoms with Gasteiger partial charge in [0.1, 0.15) is 13.0 Å². The molecule has 0 aliphatic carbocycles. The van der Waals surface area contributed by atoms with Crippen molar-refractivity contribution in [1.82, 2.24) is 14.8 Å². The lowest BCUT2D eigenvalue weighted by Gasteiger charge is -2.21. The molecule has 1 heterocycles. The highest BCUT2D eigenvalue weighted by Gasteiger charge is 2.39. The molecular formula is C11H10BrF2N3. The number of nitrogens with zero attached hydrogens (tertiary/aromatic N) is 3. The topological polar surface area (TPSA) is 30.7 Å². The van der Waals surface area contributed by atoms with E-state index in [1.165, 1.54) is 23.0 Å². The first kappa shape index (κ1) is 12.2. The predicted octanol–water partition coefficient (Wildman–Crippen LogP) is 2.76. The number of hydrogen-bond acceptors (Lipinski definition) is 2. The molecule has 0 amide bonds. The van der Waals surface area contributed by atoms with E-state index in [4.69, 9.17) is 0 Å². The molecule has 1 aromatic carbocycles. The average Bonchev–Trinajstić information content (AvgIpc) is 2.75. The Morgan fingerprint density at radius 2 is 2.24 bits per heavy atom. The summed E-state index contributed by atoms with van der Waals surface area (Å²) in [5.74, 6) is -0.0434. The van der Waals surface area contributed by atoms with Crippen LogP contribution in [-0.2, 0) is 12.7 Å². The molecule has 0 bridgehead atoms. The first-order valence-electron chi connectivity index (χ1n) is 4.93. The van der Waals surface area contributed by atoms with Gasteiger partial charge in [-0.15, -0.1) is 10.2 Å². The van der Waals surface area contributed by atoms with E-state index in [1.807, 2.05) is 0 Å². The zero-order valence-electron chi connectivity index (χ0n) is 9.07. The second kappa shape index (κ2) is 4.52. The molecule has 90 valence electrons. The first-order chi connectivity index (χ1) is 8.08. The third-order valence-corrected chi connectivity index (χ3v) is 3.03. The Hall–Kier alpha value is -1.30. The third kappa shape index (κ3) is 2.09. The van der Waals surface area contributed by atoms with Crippen LogP contribution in [0.2, 0.25) is 0 Å². The number of benzene rings is 1. The highest BCUT2D eigenvalue weighted by atomic mass is 79.9. The highest BCUT2D eigenvalue weighted by molar-refractivity contribution is 9.10. The average molecular weight is 302 g/mol. The summed E-state index contributed by atoms with van der Waals surface area (Å²) < 4.78 is 29.9. The molecular weight excluding hydrogens is 292 g/mol. The predicted molar refractivity (Wildman–Crippen MR) is 63.0 cm³/mol. The van der Waals surface area contributed by atoms with E-state index in [1.54, 1.807) is 19.2 Å². The fourth-order valence-electron chi connectivity index (χ4n) is 1.64. The largest absolute Gasteiger partial charge is 0.318 e. The fraction of sp³-hybridized carbons (Fsp3) is 0.273. The van der Waals surface area contributed by atoms with Crippen LogP contribution in [-0.4, -0.2) is 21.4 Å². The van der Waals surface area contributed by atoms with Crippen molar-refractivity contribution in [3.63, 3.8) is 0 Å². The SMILES string of the molecule is Cn1cnnc1C(F)(CF)c1cccc(Br)c1. The molecule has 0 saturated carbocycles. The van der Waals surface area contributed by atoms with E-state index in [9.17, 15) is 8.78 Å². The number of alkyl halides is 2. The zero-order chi connectivity index (χ0) is 12.5. The summed E-state index contributed by atoms with van der Waals surface area (Å²) in [7, 11) is 1.58. The van der Waals surface area contributed by atoms with Gasteiger partial charge >= 0.3 is 0 Å². The highest BCUT2D eigenvalue weighted by Crippen LogP contribution is 2.34. The second-order valence-electron chi connectivity index (χ2n) is 3.71. The van der Waals surface area contributed by atoms with Gasteiger partial charge in [-0.1, -0.05) is 28.1 Å². The Balaban J connectivity index is 2.55. The Morgan fingerprint density at radius 3 is 2.76 bits per heavy atom. The van der Waals surface area contributed by atoms with Crippen LogP contribution in [0.25, 0.3) is 0 Å². The van der Waals surface area contributed by atoms with Crippen LogP contribution in [0.4, 0.5) is 8.78 Å². The van der Waals surface area contributed by atoms with E-state index in [2.05, 4.69) is 26.1 Å². The Morgan fingerprint density at radius 1 is 1.47 bits per heavy atom. The quantitative estimate of drug-likeness (QED) is 0.873. The van der Waals surface area contributed by atoms with Gasteiger partial charge < -0.3 is 4.57 Å². The van der Waals surface area contributed by atoms with Crippen molar-refractivity contribution in [3.8, 4) is 0 Å². The molecule has 0 N–H and O–H groups in total. The normalized spacial score (nSPS) is 14.6. The van der Waals surface area contributed by atoms with Crippen molar-refractivity contribution in [1.29, 1.82) is 0 Å². The molecule has 0 spiro atoms. The minimum absolute atomic E-state index is 0.0434. The summed E-state index contributed by atoms with van der Waals surface area (Å²) in [6.45, 7) is -1.18. The van der Waals surface area contributed by atoms with Crippen LogP contribution in [0.3, 0.4) is 0 Å². The molecule has 0 aliphatic rings. The second-order valence-corrected chi connectivity index (χ2v) is 4.63. The maximum Gasteiger partial charge on any atom is 0.223 e. The molecule has 2 aromatic rings. The van der Waals surface area contributed by atoms with Crippen LogP contribution in [0.15, 0.2) is 35.1 Å². The van der Waals surface area contributed by atoms with Gasteiger partial charge in [0.15, 0.2) is 5.82 Å². The summed E-state index contributed by atoms with van der Waals surface area (Å²) in [6, 6.07) is 6.46. The van der Waals surface area contributed by atoms with Gasteiger partial charge in [0.25, 0.3) is 0 Å². The maximum atomic E-state index is 14.7. The molecule has 0 radical (unpaired) electrons. The van der Waals surface area contributed by atoms with Crippen molar-refractivity contribution >= 4 is 15.9 Å². The summed E-state index contributed by atoms with van der Waals surface area (Å²) >= 11 is 3.23. The van der Waals surface area contributed by atoms with E-state index < -0.39 is 12.3 Å². The van der Waals surface area contributed by atoms with Crippen molar-refractivity contribution in [2.75, 3.05) is 6.67 Å². The first-order valence-corrected chi connectivity index (χ1v) is 5.72. The van der Waals surface area contributed by atoms with Crippen molar-refractivity contribution in [2.45, 2.75) is 5.67 Å². The summed E-state index contributed by atoms with van der Waals surface area (Å²) in [5, 5.41) is 7.23. The molecule has 0 fully saturated rings. The maximum absolute atomic E-state index is 14.7. The van der Waals surface area contributed by atoms with Crippen LogP contribution < -0.4 is 0 Å². The van der Waals surface area contributed by atoms with Gasteiger partial charge in [-0.05, 0) is 12.1 Å². The minimum atomic E-state index is -2.27. The van der Waals surface area contributed by atoms with E-state index in [0.29, 0.717) is 4.47 Å². The number of hydrogen-bond donors (Lipinski definition) is 0. The Bertz CT molecular complexity index is 529. The third-order valence-electron chi connectivity index (χ3n) is 2.53. The number of halogens is 3. The van der Waals surface area contributed by atoms with Crippen molar-refractivity contribution in [3.05, 3.63) is 46.5 Å². The van der Waals surface area contributed by atoms with E-state index in [0.717, 1.165) is 0 Å². The van der Waals surface area contributed by atoms with Crippen molar-refractivity contribution < 1.29 is 8.78 Å². The van der Waals surface area contributed by atoms with Gasteiger partial charge in [0.05, 0.1) is 0 Å².